The highest BCUT2D eigenvalue weighted by Crippen LogP contribution is 2.38. The molecule has 5 heteroatoms. The van der Waals surface area contributed by atoms with Crippen molar-refractivity contribution in [2.45, 2.75) is 46.1 Å². The molecule has 0 spiro atoms. The third-order valence-electron chi connectivity index (χ3n) is 3.54. The van der Waals surface area contributed by atoms with E-state index in [0.717, 1.165) is 30.5 Å². The summed E-state index contributed by atoms with van der Waals surface area (Å²) < 4.78 is 5.57. The van der Waals surface area contributed by atoms with Gasteiger partial charge in [0.05, 0.1) is 7.11 Å². The van der Waals surface area contributed by atoms with Crippen molar-refractivity contribution in [3.05, 3.63) is 6.33 Å². The lowest BCUT2D eigenvalue weighted by Gasteiger charge is -2.26. The second-order valence-electron chi connectivity index (χ2n) is 5.72. The third kappa shape index (κ3) is 3.52. The summed E-state index contributed by atoms with van der Waals surface area (Å²) >= 11 is 0. The van der Waals surface area contributed by atoms with Crippen molar-refractivity contribution in [2.75, 3.05) is 30.4 Å². The van der Waals surface area contributed by atoms with Crippen molar-refractivity contribution in [2.24, 2.45) is 5.92 Å². The number of nitrogens with zero attached hydrogens (tertiary/aromatic N) is 3. The van der Waals surface area contributed by atoms with Gasteiger partial charge in [0.25, 0.3) is 0 Å². The first-order valence-corrected chi connectivity index (χ1v) is 7.56. The molecular weight excluding hydrogens is 252 g/mol. The number of aromatic nitrogens is 2. The van der Waals surface area contributed by atoms with Crippen molar-refractivity contribution >= 4 is 11.6 Å². The Balaban J connectivity index is 2.25. The number of hydrogen-bond acceptors (Lipinski definition) is 5. The van der Waals surface area contributed by atoms with Crippen LogP contribution in [0.4, 0.5) is 11.6 Å². The lowest BCUT2D eigenvalue weighted by atomic mass is 10.1. The molecular formula is C15H26N4O. The Morgan fingerprint density at radius 3 is 2.70 bits per heavy atom. The first-order chi connectivity index (χ1) is 9.67. The maximum atomic E-state index is 5.57. The van der Waals surface area contributed by atoms with Crippen molar-refractivity contribution in [3.63, 3.8) is 0 Å². The van der Waals surface area contributed by atoms with Gasteiger partial charge in [0.1, 0.15) is 6.33 Å². The molecule has 5 nitrogen and oxygen atoms in total. The lowest BCUT2D eigenvalue weighted by molar-refractivity contribution is 0.411. The molecule has 1 fully saturated rings. The number of methoxy groups -OCH3 is 1. The second-order valence-corrected chi connectivity index (χ2v) is 5.72. The molecule has 0 amide bonds. The molecule has 1 aromatic heterocycles. The standard InChI is InChI=1S/C15H26N4O/c1-5-16-14-13(20-4)15(18-10-17-14)19(12-6-7-12)9-8-11(2)3/h10-12H,5-9H2,1-4H3,(H,16,17,18). The Labute approximate surface area is 121 Å². The monoisotopic (exact) mass is 278 g/mol. The van der Waals surface area contributed by atoms with E-state index in [4.69, 9.17) is 4.74 Å². The van der Waals surface area contributed by atoms with Crippen LogP contribution in [0.5, 0.6) is 5.75 Å². The largest absolute Gasteiger partial charge is 0.490 e. The molecule has 112 valence electrons. The highest BCUT2D eigenvalue weighted by molar-refractivity contribution is 5.65. The minimum absolute atomic E-state index is 0.618. The van der Waals surface area contributed by atoms with E-state index in [0.29, 0.717) is 12.0 Å². The van der Waals surface area contributed by atoms with Gasteiger partial charge in [-0.25, -0.2) is 9.97 Å². The fraction of sp³-hybridized carbons (Fsp3) is 0.733. The highest BCUT2D eigenvalue weighted by atomic mass is 16.5. The third-order valence-corrected chi connectivity index (χ3v) is 3.54. The molecule has 20 heavy (non-hydrogen) atoms. The van der Waals surface area contributed by atoms with Gasteiger partial charge in [0.2, 0.25) is 5.75 Å². The van der Waals surface area contributed by atoms with Crippen molar-refractivity contribution in [1.82, 2.24) is 9.97 Å². The van der Waals surface area contributed by atoms with Gasteiger partial charge in [0.15, 0.2) is 11.6 Å². The average Bonchev–Trinajstić information content (AvgIpc) is 3.24. The molecule has 1 aliphatic rings. The van der Waals surface area contributed by atoms with Gasteiger partial charge in [0, 0.05) is 19.1 Å². The predicted octanol–water partition coefficient (Wildman–Crippen LogP) is 2.93. The maximum absolute atomic E-state index is 5.57. The summed E-state index contributed by atoms with van der Waals surface area (Å²) in [6.45, 7) is 8.42. The predicted molar refractivity (Wildman–Crippen MR) is 82.6 cm³/mol. The minimum atomic E-state index is 0.618. The number of hydrogen-bond donors (Lipinski definition) is 1. The van der Waals surface area contributed by atoms with E-state index in [2.05, 4.69) is 41.0 Å². The van der Waals surface area contributed by atoms with Crippen LogP contribution < -0.4 is 15.0 Å². The fourth-order valence-electron chi connectivity index (χ4n) is 2.30. The highest BCUT2D eigenvalue weighted by Gasteiger charge is 2.32. The van der Waals surface area contributed by atoms with E-state index in [1.807, 2.05) is 0 Å². The van der Waals surface area contributed by atoms with Crippen LogP contribution in [0.3, 0.4) is 0 Å². The van der Waals surface area contributed by atoms with Crippen LogP contribution in [0.2, 0.25) is 0 Å². The van der Waals surface area contributed by atoms with Gasteiger partial charge in [-0.15, -0.1) is 0 Å². The van der Waals surface area contributed by atoms with Gasteiger partial charge in [-0.3, -0.25) is 0 Å². The number of ether oxygens (including phenoxy) is 1. The van der Waals surface area contributed by atoms with Crippen LogP contribution in [0, 0.1) is 5.92 Å². The first kappa shape index (κ1) is 14.9. The number of nitrogens with one attached hydrogen (secondary N) is 1. The van der Waals surface area contributed by atoms with E-state index in [1.54, 1.807) is 13.4 Å². The molecule has 1 aromatic rings. The van der Waals surface area contributed by atoms with E-state index in [9.17, 15) is 0 Å². The zero-order valence-electron chi connectivity index (χ0n) is 13.0. The summed E-state index contributed by atoms with van der Waals surface area (Å²) in [6.07, 6.45) is 5.30. The van der Waals surface area contributed by atoms with Crippen molar-refractivity contribution in [3.8, 4) is 5.75 Å². The van der Waals surface area contributed by atoms with Gasteiger partial charge in [-0.05, 0) is 32.1 Å². The van der Waals surface area contributed by atoms with Gasteiger partial charge in [-0.1, -0.05) is 13.8 Å². The zero-order chi connectivity index (χ0) is 14.5. The molecule has 0 saturated heterocycles. The molecule has 0 bridgehead atoms. The molecule has 1 N–H and O–H groups in total. The number of anilines is 2. The van der Waals surface area contributed by atoms with Crippen LogP contribution in [-0.4, -0.2) is 36.2 Å². The summed E-state index contributed by atoms with van der Waals surface area (Å²) in [6, 6.07) is 0.618. The van der Waals surface area contributed by atoms with Crippen molar-refractivity contribution < 1.29 is 4.74 Å². The van der Waals surface area contributed by atoms with Crippen LogP contribution in [0.1, 0.15) is 40.0 Å². The second kappa shape index (κ2) is 6.77. The molecule has 1 aliphatic carbocycles. The Morgan fingerprint density at radius 2 is 2.15 bits per heavy atom. The fourth-order valence-corrected chi connectivity index (χ4v) is 2.30. The Morgan fingerprint density at radius 1 is 1.40 bits per heavy atom. The van der Waals surface area contributed by atoms with Gasteiger partial charge >= 0.3 is 0 Å². The SMILES string of the molecule is CCNc1ncnc(N(CCC(C)C)C2CC2)c1OC. The van der Waals surface area contributed by atoms with E-state index in [-0.39, 0.29) is 0 Å². The van der Waals surface area contributed by atoms with Crippen LogP contribution >= 0.6 is 0 Å². The summed E-state index contributed by atoms with van der Waals surface area (Å²) in [5.74, 6) is 3.18. The van der Waals surface area contributed by atoms with Crippen LogP contribution in [0.15, 0.2) is 6.33 Å². The first-order valence-electron chi connectivity index (χ1n) is 7.56. The molecule has 1 heterocycles. The van der Waals surface area contributed by atoms with Crippen LogP contribution in [0.25, 0.3) is 0 Å². The minimum Gasteiger partial charge on any atom is -0.490 e. The Bertz CT molecular complexity index is 432. The van der Waals surface area contributed by atoms with Crippen molar-refractivity contribution in [1.29, 1.82) is 0 Å². The van der Waals surface area contributed by atoms with E-state index >= 15 is 0 Å². The van der Waals surface area contributed by atoms with Crippen LogP contribution in [-0.2, 0) is 0 Å². The van der Waals surface area contributed by atoms with E-state index < -0.39 is 0 Å². The number of rotatable bonds is 8. The topological polar surface area (TPSA) is 50.3 Å². The Kier molecular flexibility index (Phi) is 5.04. The normalized spacial score (nSPS) is 14.4. The molecule has 0 atom stereocenters. The zero-order valence-corrected chi connectivity index (χ0v) is 13.0. The summed E-state index contributed by atoms with van der Waals surface area (Å²) in [5.41, 5.74) is 0. The quantitative estimate of drug-likeness (QED) is 0.792. The maximum Gasteiger partial charge on any atom is 0.204 e. The summed E-state index contributed by atoms with van der Waals surface area (Å²) in [5, 5.41) is 3.24. The summed E-state index contributed by atoms with van der Waals surface area (Å²) in [7, 11) is 1.69. The molecule has 0 aliphatic heterocycles. The average molecular weight is 278 g/mol. The lowest BCUT2D eigenvalue weighted by Crippen LogP contribution is -2.29. The molecule has 1 saturated carbocycles. The molecule has 0 unspecified atom stereocenters. The molecule has 0 aromatic carbocycles. The Hall–Kier alpha value is -1.52. The smallest absolute Gasteiger partial charge is 0.204 e. The van der Waals surface area contributed by atoms with Gasteiger partial charge < -0.3 is 15.0 Å². The molecule has 2 rings (SSSR count). The molecule has 0 radical (unpaired) electrons. The van der Waals surface area contributed by atoms with Gasteiger partial charge in [-0.2, -0.15) is 0 Å². The van der Waals surface area contributed by atoms with E-state index in [1.165, 1.54) is 19.3 Å². The summed E-state index contributed by atoms with van der Waals surface area (Å²) in [4.78, 5) is 11.2.